The van der Waals surface area contributed by atoms with Crippen LogP contribution >= 0.6 is 0 Å². The molecule has 1 amide bonds. The van der Waals surface area contributed by atoms with Gasteiger partial charge in [0.05, 0.1) is 16.3 Å². The second kappa shape index (κ2) is 8.40. The number of sulfonamides is 1. The number of pyridine rings is 1. The molecule has 4 N–H and O–H groups in total. The van der Waals surface area contributed by atoms with Gasteiger partial charge in [-0.3, -0.25) is 14.5 Å². The van der Waals surface area contributed by atoms with Crippen molar-refractivity contribution in [3.05, 3.63) is 77.4 Å². The summed E-state index contributed by atoms with van der Waals surface area (Å²) >= 11 is 0. The van der Waals surface area contributed by atoms with Gasteiger partial charge < -0.3 is 15.5 Å². The number of carboxylic acids is 1. The van der Waals surface area contributed by atoms with E-state index < -0.39 is 43.9 Å². The van der Waals surface area contributed by atoms with Crippen molar-refractivity contribution in [3.63, 3.8) is 0 Å². The number of hydrogen-bond donors (Lipinski definition) is 4. The Labute approximate surface area is 176 Å². The zero-order valence-electron chi connectivity index (χ0n) is 16.0. The van der Waals surface area contributed by atoms with Crippen LogP contribution in [0.25, 0.3) is 0 Å². The van der Waals surface area contributed by atoms with Crippen molar-refractivity contribution in [1.82, 2.24) is 4.98 Å². The van der Waals surface area contributed by atoms with E-state index in [2.05, 4.69) is 15.0 Å². The van der Waals surface area contributed by atoms with Crippen molar-refractivity contribution in [2.75, 3.05) is 10.0 Å². The van der Waals surface area contributed by atoms with Gasteiger partial charge in [0.1, 0.15) is 22.8 Å². The van der Waals surface area contributed by atoms with Crippen LogP contribution in [0.1, 0.15) is 26.4 Å². The molecule has 0 aliphatic heterocycles. The van der Waals surface area contributed by atoms with Gasteiger partial charge in [-0.05, 0) is 48.9 Å². The number of aromatic nitrogens is 1. The lowest BCUT2D eigenvalue weighted by atomic mass is 10.1. The van der Waals surface area contributed by atoms with E-state index in [-0.39, 0.29) is 22.6 Å². The number of amides is 1. The predicted octanol–water partition coefficient (Wildman–Crippen LogP) is 2.99. The number of hydrogen-bond acceptors (Lipinski definition) is 6. The molecule has 1 aromatic heterocycles. The SMILES string of the molecule is Cc1cc(O)c(C(=O)O)cc1S(=O)(=O)Nc1cc(F)ccc1NC(=O)c1ccccn1. The maximum atomic E-state index is 13.8. The Hall–Kier alpha value is -3.99. The average Bonchev–Trinajstić information content (AvgIpc) is 2.69. The summed E-state index contributed by atoms with van der Waals surface area (Å²) < 4.78 is 41.8. The molecule has 2 aromatic carbocycles. The largest absolute Gasteiger partial charge is 0.507 e. The zero-order chi connectivity index (χ0) is 22.8. The number of benzene rings is 2. The summed E-state index contributed by atoms with van der Waals surface area (Å²) in [5, 5.41) is 21.3. The van der Waals surface area contributed by atoms with E-state index in [9.17, 15) is 27.5 Å². The quantitative estimate of drug-likeness (QED) is 0.456. The number of aryl methyl sites for hydroxylation is 1. The molecular formula is C20H16FN3O6S. The van der Waals surface area contributed by atoms with Crippen LogP contribution in [0.3, 0.4) is 0 Å². The zero-order valence-corrected chi connectivity index (χ0v) is 16.8. The van der Waals surface area contributed by atoms with Crippen molar-refractivity contribution < 1.29 is 32.6 Å². The molecule has 3 aromatic rings. The lowest BCUT2D eigenvalue weighted by molar-refractivity contribution is 0.0693. The van der Waals surface area contributed by atoms with Gasteiger partial charge in [-0.15, -0.1) is 0 Å². The second-order valence-corrected chi connectivity index (χ2v) is 8.06. The van der Waals surface area contributed by atoms with Crippen molar-refractivity contribution in [2.45, 2.75) is 11.8 Å². The van der Waals surface area contributed by atoms with Crippen molar-refractivity contribution >= 4 is 33.3 Å². The Morgan fingerprint density at radius 2 is 1.81 bits per heavy atom. The number of aromatic carboxylic acids is 1. The number of anilines is 2. The normalized spacial score (nSPS) is 11.0. The van der Waals surface area contributed by atoms with E-state index in [0.717, 1.165) is 24.3 Å². The minimum atomic E-state index is -4.41. The minimum Gasteiger partial charge on any atom is -0.507 e. The standard InChI is InChI=1S/C20H16FN3O6S/c1-11-8-17(25)13(20(27)28)10-18(11)31(29,30)24-16-9-12(21)5-6-14(16)23-19(26)15-4-2-3-7-22-15/h2-10,24-25H,1H3,(H,23,26)(H,27,28). The molecule has 0 atom stereocenters. The fraction of sp³-hybridized carbons (Fsp3) is 0.0500. The third kappa shape index (κ3) is 4.78. The molecule has 160 valence electrons. The molecule has 0 aliphatic carbocycles. The van der Waals surface area contributed by atoms with Crippen LogP contribution in [-0.4, -0.2) is 35.5 Å². The summed E-state index contributed by atoms with van der Waals surface area (Å²) in [6, 6.07) is 9.48. The second-order valence-electron chi connectivity index (χ2n) is 6.40. The summed E-state index contributed by atoms with van der Waals surface area (Å²) in [5.74, 6) is -3.55. The highest BCUT2D eigenvalue weighted by atomic mass is 32.2. The molecule has 0 saturated heterocycles. The molecule has 0 unspecified atom stereocenters. The van der Waals surface area contributed by atoms with Crippen LogP contribution < -0.4 is 10.0 Å². The third-order valence-electron chi connectivity index (χ3n) is 4.18. The summed E-state index contributed by atoms with van der Waals surface area (Å²) in [6.45, 7) is 1.36. The molecule has 3 rings (SSSR count). The Bertz CT molecular complexity index is 1280. The number of carbonyl (C=O) groups is 2. The smallest absolute Gasteiger partial charge is 0.339 e. The van der Waals surface area contributed by atoms with E-state index >= 15 is 0 Å². The molecular weight excluding hydrogens is 429 g/mol. The minimum absolute atomic E-state index is 0.0458. The molecule has 0 bridgehead atoms. The Morgan fingerprint density at radius 1 is 1.06 bits per heavy atom. The molecule has 0 spiro atoms. The van der Waals surface area contributed by atoms with Gasteiger partial charge in [0.15, 0.2) is 0 Å². The first-order valence-corrected chi connectivity index (χ1v) is 10.2. The molecule has 0 radical (unpaired) electrons. The number of phenols is 1. The molecule has 1 heterocycles. The molecule has 0 fully saturated rings. The average molecular weight is 445 g/mol. The van der Waals surface area contributed by atoms with Gasteiger partial charge in [0.25, 0.3) is 15.9 Å². The fourth-order valence-corrected chi connectivity index (χ4v) is 4.05. The van der Waals surface area contributed by atoms with Crippen LogP contribution in [0.5, 0.6) is 5.75 Å². The summed E-state index contributed by atoms with van der Waals surface area (Å²) in [7, 11) is -4.41. The number of halogens is 1. The number of carbonyl (C=O) groups excluding carboxylic acids is 1. The van der Waals surface area contributed by atoms with E-state index in [1.54, 1.807) is 12.1 Å². The first kappa shape index (κ1) is 21.7. The highest BCUT2D eigenvalue weighted by Gasteiger charge is 2.23. The van der Waals surface area contributed by atoms with Crippen LogP contribution in [-0.2, 0) is 10.0 Å². The number of nitrogens with zero attached hydrogens (tertiary/aromatic N) is 1. The first-order valence-electron chi connectivity index (χ1n) is 8.70. The van der Waals surface area contributed by atoms with Crippen molar-refractivity contribution in [2.24, 2.45) is 0 Å². The summed E-state index contributed by atoms with van der Waals surface area (Å²) in [6.07, 6.45) is 1.40. The molecule has 11 heteroatoms. The van der Waals surface area contributed by atoms with Gasteiger partial charge in [-0.1, -0.05) is 6.07 Å². The number of nitrogens with one attached hydrogen (secondary N) is 2. The van der Waals surface area contributed by atoms with Gasteiger partial charge >= 0.3 is 5.97 Å². The highest BCUT2D eigenvalue weighted by molar-refractivity contribution is 7.92. The summed E-state index contributed by atoms with van der Waals surface area (Å²) in [5.41, 5.74) is -0.829. The van der Waals surface area contributed by atoms with Crippen molar-refractivity contribution in [1.29, 1.82) is 0 Å². The van der Waals surface area contributed by atoms with Gasteiger partial charge in [0, 0.05) is 12.3 Å². The van der Waals surface area contributed by atoms with Crippen LogP contribution in [0.2, 0.25) is 0 Å². The topological polar surface area (TPSA) is 146 Å². The van der Waals surface area contributed by atoms with E-state index in [0.29, 0.717) is 0 Å². The Balaban J connectivity index is 1.99. The highest BCUT2D eigenvalue weighted by Crippen LogP contribution is 2.30. The lowest BCUT2D eigenvalue weighted by Crippen LogP contribution is -2.19. The Morgan fingerprint density at radius 3 is 2.45 bits per heavy atom. The fourth-order valence-electron chi connectivity index (χ4n) is 2.73. The number of rotatable bonds is 6. The monoisotopic (exact) mass is 445 g/mol. The first-order chi connectivity index (χ1) is 14.6. The van der Waals surface area contributed by atoms with Crippen molar-refractivity contribution in [3.8, 4) is 5.75 Å². The molecule has 0 saturated carbocycles. The van der Waals surface area contributed by atoms with E-state index in [4.69, 9.17) is 5.11 Å². The molecule has 31 heavy (non-hydrogen) atoms. The number of aromatic hydroxyl groups is 1. The van der Waals surface area contributed by atoms with Crippen LogP contribution in [0, 0.1) is 12.7 Å². The molecule has 9 nitrogen and oxygen atoms in total. The van der Waals surface area contributed by atoms with Gasteiger partial charge in [-0.2, -0.15) is 0 Å². The van der Waals surface area contributed by atoms with Crippen LogP contribution in [0.15, 0.2) is 59.6 Å². The predicted molar refractivity (Wildman–Crippen MR) is 109 cm³/mol. The third-order valence-corrected chi connectivity index (χ3v) is 5.69. The van der Waals surface area contributed by atoms with E-state index in [1.807, 2.05) is 0 Å². The van der Waals surface area contributed by atoms with E-state index in [1.165, 1.54) is 25.3 Å². The lowest BCUT2D eigenvalue weighted by Gasteiger charge is -2.15. The van der Waals surface area contributed by atoms with Gasteiger partial charge in [-0.25, -0.2) is 17.6 Å². The molecule has 0 aliphatic rings. The summed E-state index contributed by atoms with van der Waals surface area (Å²) in [4.78, 5) is 27.1. The Kier molecular flexibility index (Phi) is 5.88. The van der Waals surface area contributed by atoms with Crippen LogP contribution in [0.4, 0.5) is 15.8 Å². The maximum Gasteiger partial charge on any atom is 0.339 e. The van der Waals surface area contributed by atoms with Gasteiger partial charge in [0.2, 0.25) is 0 Å². The maximum absolute atomic E-state index is 13.8. The number of carboxylic acid groups (broad SMARTS) is 1.